The normalized spacial score (nSPS) is 32.5. The van der Waals surface area contributed by atoms with Crippen molar-refractivity contribution < 1.29 is 22.8 Å². The molecule has 1 N–H and O–H groups in total. The van der Waals surface area contributed by atoms with Gasteiger partial charge in [0.1, 0.15) is 6.54 Å². The summed E-state index contributed by atoms with van der Waals surface area (Å²) in [4.78, 5) is 26.7. The smallest absolute Gasteiger partial charge is 0.341 e. The van der Waals surface area contributed by atoms with Crippen LogP contribution in [0.25, 0.3) is 0 Å². The first kappa shape index (κ1) is 15.6. The lowest BCUT2D eigenvalue weighted by molar-refractivity contribution is -0.157. The number of carbonyl (C=O) groups is 2. The summed E-state index contributed by atoms with van der Waals surface area (Å²) in [6.45, 7) is -0.159. The van der Waals surface area contributed by atoms with E-state index in [9.17, 15) is 22.8 Å². The molecule has 0 aromatic carbocycles. The third kappa shape index (κ3) is 3.37. The number of amides is 2. The lowest BCUT2D eigenvalue weighted by atomic mass is 10.0. The molecule has 0 saturated carbocycles. The van der Waals surface area contributed by atoms with Gasteiger partial charge in [0.2, 0.25) is 11.8 Å². The van der Waals surface area contributed by atoms with E-state index < -0.39 is 24.5 Å². The number of rotatable bonds is 2. The van der Waals surface area contributed by atoms with Crippen LogP contribution in [-0.4, -0.2) is 66.1 Å². The summed E-state index contributed by atoms with van der Waals surface area (Å²) in [5, 5.41) is 3.46. The van der Waals surface area contributed by atoms with Gasteiger partial charge in [-0.05, 0) is 19.3 Å². The third-order valence-corrected chi connectivity index (χ3v) is 4.77. The summed E-state index contributed by atoms with van der Waals surface area (Å²) < 4.78 is 37.3. The van der Waals surface area contributed by atoms with Crippen molar-refractivity contribution >= 4 is 11.8 Å². The topological polar surface area (TPSA) is 52.7 Å². The quantitative estimate of drug-likeness (QED) is 0.817. The molecule has 8 heteroatoms. The summed E-state index contributed by atoms with van der Waals surface area (Å²) in [6.07, 6.45) is -1.51. The molecule has 3 fully saturated rings. The fourth-order valence-electron chi connectivity index (χ4n) is 3.71. The summed E-state index contributed by atoms with van der Waals surface area (Å²) in [5.41, 5.74) is 0. The molecule has 3 atom stereocenters. The molecule has 124 valence electrons. The van der Waals surface area contributed by atoms with Crippen LogP contribution >= 0.6 is 0 Å². The van der Waals surface area contributed by atoms with Crippen molar-refractivity contribution in [2.24, 2.45) is 5.92 Å². The minimum atomic E-state index is -4.42. The van der Waals surface area contributed by atoms with Gasteiger partial charge in [0, 0.05) is 38.1 Å². The van der Waals surface area contributed by atoms with E-state index in [0.29, 0.717) is 19.1 Å². The highest BCUT2D eigenvalue weighted by Crippen LogP contribution is 2.27. The average molecular weight is 319 g/mol. The number of alkyl halides is 3. The van der Waals surface area contributed by atoms with Gasteiger partial charge in [-0.2, -0.15) is 13.2 Å². The average Bonchev–Trinajstić information content (AvgIpc) is 2.91. The largest absolute Gasteiger partial charge is 0.406 e. The molecular weight excluding hydrogens is 299 g/mol. The predicted octanol–water partition coefficient (Wildman–Crippen LogP) is 0.750. The zero-order valence-electron chi connectivity index (χ0n) is 12.2. The minimum absolute atomic E-state index is 0.104. The van der Waals surface area contributed by atoms with Crippen LogP contribution in [0.2, 0.25) is 0 Å². The van der Waals surface area contributed by atoms with Gasteiger partial charge >= 0.3 is 6.18 Å². The molecule has 3 unspecified atom stereocenters. The fourth-order valence-corrected chi connectivity index (χ4v) is 3.71. The molecule has 3 saturated heterocycles. The van der Waals surface area contributed by atoms with Crippen LogP contribution in [0.4, 0.5) is 13.2 Å². The lowest BCUT2D eigenvalue weighted by Crippen LogP contribution is -2.43. The molecule has 22 heavy (non-hydrogen) atoms. The lowest BCUT2D eigenvalue weighted by Gasteiger charge is -2.27. The van der Waals surface area contributed by atoms with E-state index in [2.05, 4.69) is 5.32 Å². The molecule has 2 amide bonds. The second kappa shape index (κ2) is 5.72. The molecule has 5 nitrogen and oxygen atoms in total. The van der Waals surface area contributed by atoms with Crippen molar-refractivity contribution in [1.29, 1.82) is 0 Å². The number of hydrogen-bond acceptors (Lipinski definition) is 3. The molecule has 0 aromatic heterocycles. The zero-order chi connectivity index (χ0) is 15.9. The van der Waals surface area contributed by atoms with E-state index in [-0.39, 0.29) is 24.9 Å². The molecule has 0 aliphatic carbocycles. The minimum Gasteiger partial charge on any atom is -0.341 e. The summed E-state index contributed by atoms with van der Waals surface area (Å²) in [7, 11) is 0. The van der Waals surface area contributed by atoms with E-state index in [4.69, 9.17) is 0 Å². The summed E-state index contributed by atoms with van der Waals surface area (Å²) in [5.74, 6) is -1.39. The van der Waals surface area contributed by atoms with Crippen LogP contribution < -0.4 is 5.32 Å². The first-order valence-corrected chi connectivity index (χ1v) is 7.71. The van der Waals surface area contributed by atoms with E-state index in [0.717, 1.165) is 24.2 Å². The Kier molecular flexibility index (Phi) is 4.05. The van der Waals surface area contributed by atoms with Crippen LogP contribution in [0.1, 0.15) is 25.7 Å². The maximum Gasteiger partial charge on any atom is 0.406 e. The van der Waals surface area contributed by atoms with Gasteiger partial charge in [-0.15, -0.1) is 0 Å². The first-order chi connectivity index (χ1) is 10.3. The maximum absolute atomic E-state index is 12.5. The predicted molar refractivity (Wildman–Crippen MR) is 71.9 cm³/mol. The van der Waals surface area contributed by atoms with Crippen molar-refractivity contribution in [3.8, 4) is 0 Å². The molecule has 3 heterocycles. The van der Waals surface area contributed by atoms with Crippen LogP contribution in [0.5, 0.6) is 0 Å². The molecule has 0 radical (unpaired) electrons. The van der Waals surface area contributed by atoms with Crippen LogP contribution in [0.3, 0.4) is 0 Å². The number of nitrogens with zero attached hydrogens (tertiary/aromatic N) is 2. The highest BCUT2D eigenvalue weighted by molar-refractivity contribution is 5.89. The molecule has 3 rings (SSSR count). The number of fused-ring (bicyclic) bond motifs is 2. The monoisotopic (exact) mass is 319 g/mol. The van der Waals surface area contributed by atoms with Gasteiger partial charge in [-0.25, -0.2) is 0 Å². The van der Waals surface area contributed by atoms with Crippen molar-refractivity contribution in [3.63, 3.8) is 0 Å². The van der Waals surface area contributed by atoms with E-state index in [1.165, 1.54) is 0 Å². The van der Waals surface area contributed by atoms with Crippen molar-refractivity contribution in [3.05, 3.63) is 0 Å². The SMILES string of the molecule is O=C1CC(C(=O)N2CCC3CCC(C2)N3)CN1CC(F)(F)F. The highest BCUT2D eigenvalue weighted by Gasteiger charge is 2.42. The zero-order valence-corrected chi connectivity index (χ0v) is 12.2. The Balaban J connectivity index is 1.60. The molecule has 0 spiro atoms. The molecular formula is C14H20F3N3O2. The number of carbonyl (C=O) groups excluding carboxylic acids is 2. The molecule has 0 aromatic rings. The fraction of sp³-hybridized carbons (Fsp3) is 0.857. The number of likely N-dealkylation sites (tertiary alicyclic amines) is 2. The van der Waals surface area contributed by atoms with Crippen molar-refractivity contribution in [2.45, 2.75) is 43.9 Å². The van der Waals surface area contributed by atoms with Crippen LogP contribution in [0.15, 0.2) is 0 Å². The Labute approximate surface area is 126 Å². The molecule has 3 aliphatic heterocycles. The van der Waals surface area contributed by atoms with Crippen molar-refractivity contribution in [1.82, 2.24) is 15.1 Å². The second-order valence-corrected chi connectivity index (χ2v) is 6.50. The second-order valence-electron chi connectivity index (χ2n) is 6.50. The van der Waals surface area contributed by atoms with Crippen molar-refractivity contribution in [2.75, 3.05) is 26.2 Å². The highest BCUT2D eigenvalue weighted by atomic mass is 19.4. The number of halogens is 3. The summed E-state index contributed by atoms with van der Waals surface area (Å²) >= 11 is 0. The summed E-state index contributed by atoms with van der Waals surface area (Å²) in [6, 6.07) is 0.717. The first-order valence-electron chi connectivity index (χ1n) is 7.71. The van der Waals surface area contributed by atoms with Crippen LogP contribution in [-0.2, 0) is 9.59 Å². The van der Waals surface area contributed by atoms with Gasteiger partial charge in [0.05, 0.1) is 5.92 Å². The van der Waals surface area contributed by atoms with E-state index in [1.54, 1.807) is 4.90 Å². The van der Waals surface area contributed by atoms with Crippen LogP contribution in [0, 0.1) is 5.92 Å². The Morgan fingerprint density at radius 3 is 2.64 bits per heavy atom. The Hall–Kier alpha value is -1.31. The standard InChI is InChI=1S/C14H20F3N3O2/c15-14(16,17)8-20-6-9(5-12(20)21)13(22)19-4-3-10-1-2-11(7-19)18-10/h9-11,18H,1-8H2. The Morgan fingerprint density at radius 1 is 1.18 bits per heavy atom. The molecule has 2 bridgehead atoms. The number of nitrogens with one attached hydrogen (secondary N) is 1. The number of hydrogen-bond donors (Lipinski definition) is 1. The Morgan fingerprint density at radius 2 is 1.91 bits per heavy atom. The van der Waals surface area contributed by atoms with E-state index >= 15 is 0 Å². The van der Waals surface area contributed by atoms with Gasteiger partial charge in [-0.3, -0.25) is 9.59 Å². The van der Waals surface area contributed by atoms with Gasteiger partial charge < -0.3 is 15.1 Å². The van der Waals surface area contributed by atoms with Gasteiger partial charge in [-0.1, -0.05) is 0 Å². The molecule has 3 aliphatic rings. The third-order valence-electron chi connectivity index (χ3n) is 4.77. The maximum atomic E-state index is 12.5. The van der Waals surface area contributed by atoms with Gasteiger partial charge in [0.15, 0.2) is 0 Å². The van der Waals surface area contributed by atoms with Gasteiger partial charge in [0.25, 0.3) is 0 Å². The Bertz CT molecular complexity index is 469. The van der Waals surface area contributed by atoms with E-state index in [1.807, 2.05) is 0 Å².